The second kappa shape index (κ2) is 3.90. The molecule has 0 aliphatic rings. The van der Waals surface area contributed by atoms with E-state index < -0.39 is 23.6 Å². The fraction of sp³-hybridized carbons (Fsp3) is 0.333. The lowest BCUT2D eigenvalue weighted by molar-refractivity contribution is -0.137. The van der Waals surface area contributed by atoms with Crippen LogP contribution >= 0.6 is 11.6 Å². The lowest BCUT2D eigenvalue weighted by Gasteiger charge is -2.13. The fourth-order valence-electron chi connectivity index (χ4n) is 1.18. The van der Waals surface area contributed by atoms with Crippen molar-refractivity contribution in [2.24, 2.45) is 0 Å². The highest BCUT2D eigenvalue weighted by Gasteiger charge is 2.32. The van der Waals surface area contributed by atoms with Gasteiger partial charge in [-0.3, -0.25) is 0 Å². The summed E-state index contributed by atoms with van der Waals surface area (Å²) in [5.74, 6) is -0.662. The molecule has 1 unspecified atom stereocenters. The third-order valence-electron chi connectivity index (χ3n) is 1.85. The normalized spacial score (nSPS) is 14.0. The quantitative estimate of drug-likeness (QED) is 0.792. The van der Waals surface area contributed by atoms with Crippen molar-refractivity contribution in [3.63, 3.8) is 0 Å². The molecule has 0 aliphatic heterocycles. The molecular formula is C9H8ClF3O2. The largest absolute Gasteiger partial charge is 0.507 e. The van der Waals surface area contributed by atoms with Crippen LogP contribution in [0.3, 0.4) is 0 Å². The standard InChI is InChI=1S/C9H8ClF3O2/c1-4(14)8-6(10)2-5(3-7(8)15)9(11,12)13/h2-4,14-15H,1H3. The lowest BCUT2D eigenvalue weighted by atomic mass is 10.1. The number of aliphatic hydroxyl groups is 1. The van der Waals surface area contributed by atoms with E-state index in [2.05, 4.69) is 0 Å². The maximum absolute atomic E-state index is 12.2. The minimum absolute atomic E-state index is 0.107. The smallest absolute Gasteiger partial charge is 0.416 e. The van der Waals surface area contributed by atoms with E-state index in [-0.39, 0.29) is 10.6 Å². The van der Waals surface area contributed by atoms with Crippen LogP contribution in [0, 0.1) is 0 Å². The van der Waals surface area contributed by atoms with Gasteiger partial charge in [0.15, 0.2) is 0 Å². The van der Waals surface area contributed by atoms with Crippen LogP contribution < -0.4 is 0 Å². The third-order valence-corrected chi connectivity index (χ3v) is 2.17. The molecule has 0 saturated heterocycles. The van der Waals surface area contributed by atoms with Crippen molar-refractivity contribution < 1.29 is 23.4 Å². The van der Waals surface area contributed by atoms with Crippen molar-refractivity contribution in [3.8, 4) is 5.75 Å². The molecule has 1 aromatic carbocycles. The van der Waals surface area contributed by atoms with E-state index in [1.165, 1.54) is 6.92 Å². The molecule has 0 heterocycles. The first kappa shape index (κ1) is 12.1. The third kappa shape index (κ3) is 2.54. The minimum Gasteiger partial charge on any atom is -0.507 e. The summed E-state index contributed by atoms with van der Waals surface area (Å²) in [5.41, 5.74) is -1.15. The Morgan fingerprint density at radius 2 is 1.87 bits per heavy atom. The average Bonchev–Trinajstić information content (AvgIpc) is 1.99. The highest BCUT2D eigenvalue weighted by molar-refractivity contribution is 6.31. The topological polar surface area (TPSA) is 40.5 Å². The molecule has 1 rings (SSSR count). The predicted molar refractivity (Wildman–Crippen MR) is 48.8 cm³/mol. The summed E-state index contributed by atoms with van der Waals surface area (Å²) < 4.78 is 36.7. The first-order chi connectivity index (χ1) is 6.73. The van der Waals surface area contributed by atoms with E-state index >= 15 is 0 Å². The number of hydrogen-bond donors (Lipinski definition) is 2. The molecule has 0 aromatic heterocycles. The predicted octanol–water partition coefficient (Wildman–Crippen LogP) is 3.12. The molecule has 1 atom stereocenters. The Hall–Kier alpha value is -0.940. The fourth-order valence-corrected chi connectivity index (χ4v) is 1.55. The highest BCUT2D eigenvalue weighted by atomic mass is 35.5. The number of aliphatic hydroxyl groups excluding tert-OH is 1. The van der Waals surface area contributed by atoms with Gasteiger partial charge < -0.3 is 10.2 Å². The summed E-state index contributed by atoms with van der Waals surface area (Å²) in [7, 11) is 0. The Morgan fingerprint density at radius 3 is 2.20 bits per heavy atom. The van der Waals surface area contributed by atoms with Crippen LogP contribution in [0.25, 0.3) is 0 Å². The Bertz CT molecular complexity index is 351. The molecule has 2 N–H and O–H groups in total. The Kier molecular flexibility index (Phi) is 3.16. The van der Waals surface area contributed by atoms with Gasteiger partial charge in [-0.1, -0.05) is 11.6 Å². The molecule has 0 radical (unpaired) electrons. The van der Waals surface area contributed by atoms with Crippen molar-refractivity contribution in [1.82, 2.24) is 0 Å². The Labute approximate surface area is 88.9 Å². The molecule has 15 heavy (non-hydrogen) atoms. The second-order valence-corrected chi connectivity index (χ2v) is 3.47. The van der Waals surface area contributed by atoms with Gasteiger partial charge in [-0.2, -0.15) is 13.2 Å². The van der Waals surface area contributed by atoms with Gasteiger partial charge in [0.1, 0.15) is 5.75 Å². The van der Waals surface area contributed by atoms with Gasteiger partial charge in [-0.15, -0.1) is 0 Å². The van der Waals surface area contributed by atoms with Crippen LogP contribution in [-0.4, -0.2) is 10.2 Å². The van der Waals surface area contributed by atoms with Gasteiger partial charge in [0, 0.05) is 5.56 Å². The van der Waals surface area contributed by atoms with E-state index in [4.69, 9.17) is 16.7 Å². The van der Waals surface area contributed by atoms with E-state index in [1.807, 2.05) is 0 Å². The lowest BCUT2D eigenvalue weighted by Crippen LogP contribution is -2.06. The molecular weight excluding hydrogens is 233 g/mol. The van der Waals surface area contributed by atoms with Crippen LogP contribution in [0.2, 0.25) is 5.02 Å². The average molecular weight is 241 g/mol. The van der Waals surface area contributed by atoms with Crippen LogP contribution in [0.5, 0.6) is 5.75 Å². The van der Waals surface area contributed by atoms with Crippen molar-refractivity contribution in [3.05, 3.63) is 28.3 Å². The highest BCUT2D eigenvalue weighted by Crippen LogP contribution is 2.38. The summed E-state index contributed by atoms with van der Waals surface area (Å²) in [6.07, 6.45) is -5.70. The number of benzene rings is 1. The van der Waals surface area contributed by atoms with Gasteiger partial charge in [-0.25, -0.2) is 0 Å². The summed E-state index contributed by atoms with van der Waals surface area (Å²) in [6, 6.07) is 1.21. The van der Waals surface area contributed by atoms with Gasteiger partial charge in [0.05, 0.1) is 16.7 Å². The van der Waals surface area contributed by atoms with E-state index in [0.29, 0.717) is 12.1 Å². The summed E-state index contributed by atoms with van der Waals surface area (Å²) in [6.45, 7) is 1.30. The first-order valence-corrected chi connectivity index (χ1v) is 4.39. The molecule has 1 aromatic rings. The van der Waals surface area contributed by atoms with Crippen LogP contribution in [-0.2, 0) is 6.18 Å². The number of rotatable bonds is 1. The number of alkyl halides is 3. The van der Waals surface area contributed by atoms with Crippen molar-refractivity contribution in [1.29, 1.82) is 0 Å². The molecule has 0 amide bonds. The number of phenols is 1. The molecule has 6 heteroatoms. The Balaban J connectivity index is 3.32. The number of aromatic hydroxyl groups is 1. The van der Waals surface area contributed by atoms with E-state index in [1.54, 1.807) is 0 Å². The van der Waals surface area contributed by atoms with Crippen LogP contribution in [0.1, 0.15) is 24.2 Å². The monoisotopic (exact) mass is 240 g/mol. The van der Waals surface area contributed by atoms with Gasteiger partial charge in [0.25, 0.3) is 0 Å². The zero-order chi connectivity index (χ0) is 11.8. The SMILES string of the molecule is CC(O)c1c(O)cc(C(F)(F)F)cc1Cl. The maximum Gasteiger partial charge on any atom is 0.416 e. The summed E-state index contributed by atoms with van der Waals surface area (Å²) in [5, 5.41) is 18.1. The molecule has 0 spiro atoms. The molecule has 2 nitrogen and oxygen atoms in total. The first-order valence-electron chi connectivity index (χ1n) is 4.01. The van der Waals surface area contributed by atoms with Gasteiger partial charge in [0.2, 0.25) is 0 Å². The van der Waals surface area contributed by atoms with Gasteiger partial charge in [-0.05, 0) is 19.1 Å². The van der Waals surface area contributed by atoms with Crippen molar-refractivity contribution in [2.45, 2.75) is 19.2 Å². The van der Waals surface area contributed by atoms with Crippen LogP contribution in [0.15, 0.2) is 12.1 Å². The second-order valence-electron chi connectivity index (χ2n) is 3.06. The zero-order valence-corrected chi connectivity index (χ0v) is 8.39. The summed E-state index contributed by atoms with van der Waals surface area (Å²) in [4.78, 5) is 0. The molecule has 0 fully saturated rings. The van der Waals surface area contributed by atoms with E-state index in [9.17, 15) is 18.3 Å². The zero-order valence-electron chi connectivity index (χ0n) is 7.64. The van der Waals surface area contributed by atoms with E-state index in [0.717, 1.165) is 0 Å². The number of phenolic OH excluding ortho intramolecular Hbond substituents is 1. The van der Waals surface area contributed by atoms with Crippen LogP contribution in [0.4, 0.5) is 13.2 Å². The molecule has 0 bridgehead atoms. The van der Waals surface area contributed by atoms with Crippen molar-refractivity contribution in [2.75, 3.05) is 0 Å². The molecule has 0 aliphatic carbocycles. The minimum atomic E-state index is -4.57. The summed E-state index contributed by atoms with van der Waals surface area (Å²) >= 11 is 5.52. The number of halogens is 4. The Morgan fingerprint density at radius 1 is 1.33 bits per heavy atom. The van der Waals surface area contributed by atoms with Gasteiger partial charge >= 0.3 is 6.18 Å². The van der Waals surface area contributed by atoms with Crippen molar-refractivity contribution >= 4 is 11.6 Å². The molecule has 84 valence electrons. The number of hydrogen-bond acceptors (Lipinski definition) is 2. The molecule has 0 saturated carbocycles. The maximum atomic E-state index is 12.2.